The zero-order valence-electron chi connectivity index (χ0n) is 9.08. The predicted molar refractivity (Wildman–Crippen MR) is 65.3 cm³/mol. The average Bonchev–Trinajstić information content (AvgIpc) is 2.36. The predicted octanol–water partition coefficient (Wildman–Crippen LogP) is 2.35. The highest BCUT2D eigenvalue weighted by molar-refractivity contribution is 6.18. The van der Waals surface area contributed by atoms with Gasteiger partial charge in [0.25, 0.3) is 5.69 Å². The molecule has 0 unspecified atom stereocenters. The van der Waals surface area contributed by atoms with Gasteiger partial charge in [-0.2, -0.15) is 5.01 Å². The Morgan fingerprint density at radius 2 is 2.06 bits per heavy atom. The molecule has 2 amide bonds. The first-order valence-electron chi connectivity index (χ1n) is 4.80. The molecule has 1 rings (SSSR count). The Hall–Kier alpha value is -2.22. The van der Waals surface area contributed by atoms with Crippen LogP contribution >= 0.6 is 11.6 Å². The summed E-state index contributed by atoms with van der Waals surface area (Å²) < 4.78 is 0. The molecule has 1 aromatic carbocycles. The lowest BCUT2D eigenvalue weighted by molar-refractivity contribution is -0.384. The monoisotopic (exact) mass is 272 g/mol. The Balaban J connectivity index is 2.69. The quantitative estimate of drug-likeness (QED) is 0.384. The third kappa shape index (κ3) is 3.67. The van der Waals surface area contributed by atoms with Crippen LogP contribution in [-0.4, -0.2) is 28.4 Å². The maximum atomic E-state index is 11.5. The van der Waals surface area contributed by atoms with Gasteiger partial charge >= 0.3 is 6.03 Å². The molecule has 0 aliphatic rings. The van der Waals surface area contributed by atoms with Crippen molar-refractivity contribution in [3.05, 3.63) is 39.3 Å². The lowest BCUT2D eigenvalue weighted by Gasteiger charge is -2.12. The summed E-state index contributed by atoms with van der Waals surface area (Å²) in [5.74, 6) is 0.0689. The number of nitrogens with one attached hydrogen (secondary N) is 1. The first kappa shape index (κ1) is 13.8. The van der Waals surface area contributed by atoms with Gasteiger partial charge in [-0.1, -0.05) is 0 Å². The largest absolute Gasteiger partial charge is 0.344 e. The molecule has 0 radical (unpaired) electrons. The number of halogens is 1. The molecule has 0 atom stereocenters. The van der Waals surface area contributed by atoms with Crippen LogP contribution in [0.5, 0.6) is 0 Å². The van der Waals surface area contributed by atoms with Gasteiger partial charge in [0.2, 0.25) is 0 Å². The normalized spacial score (nSPS) is 9.61. The van der Waals surface area contributed by atoms with E-state index in [-0.39, 0.29) is 18.1 Å². The lowest BCUT2D eigenvalue weighted by Crippen LogP contribution is -2.31. The van der Waals surface area contributed by atoms with Crippen LogP contribution in [0.1, 0.15) is 0 Å². The summed E-state index contributed by atoms with van der Waals surface area (Å²) in [5, 5.41) is 15.9. The third-order valence-electron chi connectivity index (χ3n) is 1.96. The minimum absolute atomic E-state index is 0.0239. The number of nitroso groups, excluding NO2 is 1. The summed E-state index contributed by atoms with van der Waals surface area (Å²) in [6.45, 7) is -0.0239. The Bertz CT molecular complexity index is 450. The van der Waals surface area contributed by atoms with Crippen molar-refractivity contribution in [2.75, 3.05) is 17.7 Å². The van der Waals surface area contributed by atoms with Gasteiger partial charge in [-0.25, -0.2) is 4.79 Å². The van der Waals surface area contributed by atoms with Crippen molar-refractivity contribution in [1.29, 1.82) is 0 Å². The molecule has 0 spiro atoms. The summed E-state index contributed by atoms with van der Waals surface area (Å²) in [7, 11) is 0. The molecule has 8 nitrogen and oxygen atoms in total. The Kier molecular flexibility index (Phi) is 5.00. The van der Waals surface area contributed by atoms with Crippen LogP contribution in [0.3, 0.4) is 0 Å². The molecule has 0 aliphatic carbocycles. The number of hydrogen-bond acceptors (Lipinski definition) is 5. The number of non-ortho nitro benzene ring substituents is 1. The van der Waals surface area contributed by atoms with Crippen molar-refractivity contribution in [1.82, 2.24) is 5.01 Å². The Labute approximate surface area is 107 Å². The molecule has 0 aromatic heterocycles. The highest BCUT2D eigenvalue weighted by atomic mass is 35.5. The number of rotatable bonds is 5. The fourth-order valence-electron chi connectivity index (χ4n) is 1.11. The van der Waals surface area contributed by atoms with Gasteiger partial charge in [-0.3, -0.25) is 10.1 Å². The van der Waals surface area contributed by atoms with E-state index in [9.17, 15) is 19.8 Å². The number of amides is 2. The van der Waals surface area contributed by atoms with E-state index in [2.05, 4.69) is 10.6 Å². The molecule has 0 bridgehead atoms. The van der Waals surface area contributed by atoms with Crippen LogP contribution < -0.4 is 5.32 Å². The fraction of sp³-hybridized carbons (Fsp3) is 0.222. The van der Waals surface area contributed by atoms with Gasteiger partial charge in [-0.15, -0.1) is 16.5 Å². The van der Waals surface area contributed by atoms with E-state index in [0.29, 0.717) is 10.7 Å². The topological polar surface area (TPSA) is 105 Å². The van der Waals surface area contributed by atoms with Crippen LogP contribution in [0.25, 0.3) is 0 Å². The summed E-state index contributed by atoms with van der Waals surface area (Å²) in [4.78, 5) is 31.7. The van der Waals surface area contributed by atoms with Crippen molar-refractivity contribution < 1.29 is 9.72 Å². The van der Waals surface area contributed by atoms with E-state index in [1.54, 1.807) is 0 Å². The second-order valence-electron chi connectivity index (χ2n) is 3.13. The summed E-state index contributed by atoms with van der Waals surface area (Å²) in [5.41, 5.74) is 0.216. The maximum absolute atomic E-state index is 11.5. The molecule has 0 aliphatic heterocycles. The smallest absolute Gasteiger partial charge is 0.306 e. The molecule has 18 heavy (non-hydrogen) atoms. The second-order valence-corrected chi connectivity index (χ2v) is 3.51. The van der Waals surface area contributed by atoms with Crippen LogP contribution in [0.4, 0.5) is 16.2 Å². The molecular formula is C9H9ClN4O4. The van der Waals surface area contributed by atoms with Gasteiger partial charge in [0, 0.05) is 23.7 Å². The first-order valence-corrected chi connectivity index (χ1v) is 5.34. The Morgan fingerprint density at radius 1 is 1.44 bits per heavy atom. The number of urea groups is 1. The van der Waals surface area contributed by atoms with E-state index in [0.717, 1.165) is 0 Å². The summed E-state index contributed by atoms with van der Waals surface area (Å²) in [6.07, 6.45) is 0. The second kappa shape index (κ2) is 6.50. The van der Waals surface area contributed by atoms with E-state index in [1.807, 2.05) is 0 Å². The average molecular weight is 273 g/mol. The first-order chi connectivity index (χ1) is 8.58. The minimum atomic E-state index is -0.750. The minimum Gasteiger partial charge on any atom is -0.306 e. The molecular weight excluding hydrogens is 264 g/mol. The lowest BCUT2D eigenvalue weighted by atomic mass is 10.3. The number of hydrogen-bond donors (Lipinski definition) is 1. The number of carbonyl (C=O) groups is 1. The van der Waals surface area contributed by atoms with E-state index < -0.39 is 11.0 Å². The molecule has 0 saturated carbocycles. The SMILES string of the molecule is O=NN(CCCl)C(=O)Nc1ccc([N+](=O)[O-])cc1. The molecule has 0 saturated heterocycles. The maximum Gasteiger partial charge on any atom is 0.344 e. The molecule has 9 heteroatoms. The zero-order chi connectivity index (χ0) is 13.5. The third-order valence-corrected chi connectivity index (χ3v) is 2.13. The van der Waals surface area contributed by atoms with Crippen molar-refractivity contribution >= 4 is 29.0 Å². The highest BCUT2D eigenvalue weighted by Crippen LogP contribution is 2.15. The van der Waals surface area contributed by atoms with Gasteiger partial charge in [-0.05, 0) is 12.1 Å². The van der Waals surface area contributed by atoms with Gasteiger partial charge in [0.05, 0.1) is 16.8 Å². The fourth-order valence-corrected chi connectivity index (χ4v) is 1.27. The van der Waals surface area contributed by atoms with Crippen LogP contribution in [0.2, 0.25) is 0 Å². The molecule has 1 N–H and O–H groups in total. The van der Waals surface area contributed by atoms with Gasteiger partial charge < -0.3 is 5.32 Å². The number of nitro benzene ring substituents is 1. The number of carbonyl (C=O) groups excluding carboxylic acids is 1. The van der Waals surface area contributed by atoms with Gasteiger partial charge in [0.15, 0.2) is 0 Å². The molecule has 1 aromatic rings. The standard InChI is InChI=1S/C9H9ClN4O4/c10-5-6-13(12-16)9(15)11-7-1-3-8(4-2-7)14(17)18/h1-4H,5-6H2,(H,11,15). The number of benzene rings is 1. The van der Waals surface area contributed by atoms with E-state index in [1.165, 1.54) is 24.3 Å². The van der Waals surface area contributed by atoms with Crippen molar-refractivity contribution in [2.24, 2.45) is 5.29 Å². The van der Waals surface area contributed by atoms with Crippen molar-refractivity contribution in [3.8, 4) is 0 Å². The van der Waals surface area contributed by atoms with E-state index in [4.69, 9.17) is 11.6 Å². The van der Waals surface area contributed by atoms with Crippen molar-refractivity contribution in [3.63, 3.8) is 0 Å². The van der Waals surface area contributed by atoms with E-state index >= 15 is 0 Å². The van der Waals surface area contributed by atoms with Crippen molar-refractivity contribution in [2.45, 2.75) is 0 Å². The number of nitrogens with zero attached hydrogens (tertiary/aromatic N) is 3. The summed E-state index contributed by atoms with van der Waals surface area (Å²) >= 11 is 5.38. The van der Waals surface area contributed by atoms with Crippen LogP contribution in [-0.2, 0) is 0 Å². The number of alkyl halides is 1. The summed E-state index contributed by atoms with van der Waals surface area (Å²) in [6, 6.07) is 4.41. The molecule has 0 fully saturated rings. The molecule has 96 valence electrons. The highest BCUT2D eigenvalue weighted by Gasteiger charge is 2.13. The van der Waals surface area contributed by atoms with Crippen LogP contribution in [0, 0.1) is 15.0 Å². The zero-order valence-corrected chi connectivity index (χ0v) is 9.83. The Morgan fingerprint density at radius 3 is 2.50 bits per heavy atom. The number of nitro groups is 1. The van der Waals surface area contributed by atoms with Crippen LogP contribution in [0.15, 0.2) is 29.6 Å². The molecule has 0 heterocycles. The number of anilines is 1. The van der Waals surface area contributed by atoms with Gasteiger partial charge in [0.1, 0.15) is 0 Å².